The Balaban J connectivity index is 1.81. The van der Waals surface area contributed by atoms with Gasteiger partial charge in [0.05, 0.1) is 12.1 Å². The number of anilines is 2. The van der Waals surface area contributed by atoms with Gasteiger partial charge >= 0.3 is 0 Å². The lowest BCUT2D eigenvalue weighted by Crippen LogP contribution is -2.34. The number of carbonyl (C=O) groups excluding carboxylic acids is 2. The van der Waals surface area contributed by atoms with E-state index in [2.05, 4.69) is 21.2 Å². The Bertz CT molecular complexity index is 728. The molecular weight excluding hydrogens is 344 g/mol. The van der Waals surface area contributed by atoms with E-state index in [0.717, 1.165) is 15.7 Å². The highest BCUT2D eigenvalue weighted by Crippen LogP contribution is 2.26. The third kappa shape index (κ3) is 2.90. The van der Waals surface area contributed by atoms with Crippen molar-refractivity contribution < 1.29 is 9.59 Å². The van der Waals surface area contributed by atoms with Gasteiger partial charge in [-0.15, -0.1) is 0 Å². The van der Waals surface area contributed by atoms with Crippen molar-refractivity contribution >= 4 is 39.1 Å². The van der Waals surface area contributed by atoms with Gasteiger partial charge in [0.15, 0.2) is 0 Å². The monoisotopic (exact) mass is 358 g/mol. The van der Waals surface area contributed by atoms with Gasteiger partial charge in [-0.3, -0.25) is 9.59 Å². The predicted molar refractivity (Wildman–Crippen MR) is 89.8 cm³/mol. The molecule has 1 saturated heterocycles. The average Bonchev–Trinajstić information content (AvgIpc) is 2.75. The minimum atomic E-state index is -0.516. The third-order valence-corrected chi connectivity index (χ3v) is 4.12. The summed E-state index contributed by atoms with van der Waals surface area (Å²) in [6.45, 7) is 1.99. The molecule has 0 aliphatic carbocycles. The summed E-state index contributed by atoms with van der Waals surface area (Å²) in [6.07, 6.45) is 0.169. The number of hydrogen-bond acceptors (Lipinski definition) is 3. The first-order valence-corrected chi connectivity index (χ1v) is 7.79. The fourth-order valence-electron chi connectivity index (χ4n) is 2.54. The molecular formula is C17H15BrN2O2. The van der Waals surface area contributed by atoms with Crippen LogP contribution in [0.3, 0.4) is 0 Å². The molecule has 2 aromatic carbocycles. The van der Waals surface area contributed by atoms with E-state index >= 15 is 0 Å². The van der Waals surface area contributed by atoms with E-state index in [1.165, 1.54) is 4.90 Å². The van der Waals surface area contributed by atoms with Crippen LogP contribution in [0.5, 0.6) is 0 Å². The van der Waals surface area contributed by atoms with E-state index < -0.39 is 6.04 Å². The first-order valence-electron chi connectivity index (χ1n) is 7.00. The van der Waals surface area contributed by atoms with Crippen molar-refractivity contribution in [3.8, 4) is 0 Å². The van der Waals surface area contributed by atoms with E-state index in [9.17, 15) is 9.59 Å². The molecule has 0 saturated carbocycles. The molecule has 1 aliphatic heterocycles. The summed E-state index contributed by atoms with van der Waals surface area (Å²) in [5, 5.41) is 3.15. The Morgan fingerprint density at radius 3 is 2.55 bits per heavy atom. The average molecular weight is 359 g/mol. The molecule has 0 bridgehead atoms. The lowest BCUT2D eigenvalue weighted by Gasteiger charge is -2.16. The summed E-state index contributed by atoms with van der Waals surface area (Å²) < 4.78 is 0.907. The Hall–Kier alpha value is -2.14. The van der Waals surface area contributed by atoms with Gasteiger partial charge in [0.2, 0.25) is 5.91 Å². The number of halogens is 1. The van der Waals surface area contributed by atoms with E-state index in [-0.39, 0.29) is 18.2 Å². The number of hydrogen-bond donors (Lipinski definition) is 1. The Morgan fingerprint density at radius 1 is 1.14 bits per heavy atom. The number of aryl methyl sites for hydroxylation is 1. The molecule has 1 unspecified atom stereocenters. The van der Waals surface area contributed by atoms with Gasteiger partial charge in [0.25, 0.3) is 5.91 Å². The van der Waals surface area contributed by atoms with E-state index in [1.807, 2.05) is 43.3 Å². The quantitative estimate of drug-likeness (QED) is 0.854. The van der Waals surface area contributed by atoms with Gasteiger partial charge in [0, 0.05) is 10.2 Å². The zero-order chi connectivity index (χ0) is 15.7. The van der Waals surface area contributed by atoms with Gasteiger partial charge in [-0.2, -0.15) is 0 Å². The fourth-order valence-corrected chi connectivity index (χ4v) is 2.81. The lowest BCUT2D eigenvalue weighted by molar-refractivity contribution is -0.121. The molecule has 1 heterocycles. The summed E-state index contributed by atoms with van der Waals surface area (Å²) in [4.78, 5) is 26.0. The van der Waals surface area contributed by atoms with Gasteiger partial charge in [-0.1, -0.05) is 28.1 Å². The molecule has 22 heavy (non-hydrogen) atoms. The molecule has 0 radical (unpaired) electrons. The highest BCUT2D eigenvalue weighted by molar-refractivity contribution is 9.10. The van der Waals surface area contributed by atoms with Crippen LogP contribution < -0.4 is 10.2 Å². The van der Waals surface area contributed by atoms with Gasteiger partial charge in [-0.05, 0) is 48.9 Å². The zero-order valence-corrected chi connectivity index (χ0v) is 13.6. The number of amides is 2. The van der Waals surface area contributed by atoms with Gasteiger partial charge in [0.1, 0.15) is 6.04 Å². The van der Waals surface area contributed by atoms with Crippen molar-refractivity contribution in [1.29, 1.82) is 0 Å². The van der Waals surface area contributed by atoms with Crippen molar-refractivity contribution in [2.45, 2.75) is 19.4 Å². The molecule has 5 heteroatoms. The zero-order valence-electron chi connectivity index (χ0n) is 12.0. The fraction of sp³-hybridized carbons (Fsp3) is 0.176. The van der Waals surface area contributed by atoms with Crippen LogP contribution in [0.25, 0.3) is 0 Å². The molecule has 0 spiro atoms. The molecule has 2 amide bonds. The number of imide groups is 1. The summed E-state index contributed by atoms with van der Waals surface area (Å²) in [5.41, 5.74) is 2.56. The largest absolute Gasteiger partial charge is 0.373 e. The Morgan fingerprint density at radius 2 is 1.86 bits per heavy atom. The molecule has 1 N–H and O–H groups in total. The van der Waals surface area contributed by atoms with Crippen LogP contribution >= 0.6 is 15.9 Å². The molecule has 0 aromatic heterocycles. The van der Waals surface area contributed by atoms with E-state index in [0.29, 0.717) is 5.69 Å². The van der Waals surface area contributed by atoms with Gasteiger partial charge < -0.3 is 5.32 Å². The molecule has 1 aliphatic rings. The molecule has 4 nitrogen and oxygen atoms in total. The topological polar surface area (TPSA) is 49.4 Å². The smallest absolute Gasteiger partial charge is 0.256 e. The minimum Gasteiger partial charge on any atom is -0.373 e. The Labute approximate surface area is 137 Å². The lowest BCUT2D eigenvalue weighted by atomic mass is 10.2. The summed E-state index contributed by atoms with van der Waals surface area (Å²) >= 11 is 3.35. The summed E-state index contributed by atoms with van der Waals surface area (Å²) in [5.74, 6) is -0.397. The van der Waals surface area contributed by atoms with Crippen LogP contribution in [0.2, 0.25) is 0 Å². The molecule has 1 atom stereocenters. The SMILES string of the molecule is Cc1cccc(NC2CC(=O)N(c3ccc(Br)cc3)C2=O)c1. The van der Waals surface area contributed by atoms with Crippen LogP contribution in [0.1, 0.15) is 12.0 Å². The van der Waals surface area contributed by atoms with Crippen molar-refractivity contribution in [3.05, 3.63) is 58.6 Å². The standard InChI is InChI=1S/C17H15BrN2O2/c1-11-3-2-4-13(9-11)19-15-10-16(21)20(17(15)22)14-7-5-12(18)6-8-14/h2-9,15,19H,10H2,1H3. The molecule has 3 rings (SSSR count). The number of carbonyl (C=O) groups is 2. The van der Waals surface area contributed by atoms with Gasteiger partial charge in [-0.25, -0.2) is 4.90 Å². The summed E-state index contributed by atoms with van der Waals surface area (Å²) in [7, 11) is 0. The number of rotatable bonds is 3. The second-order valence-corrected chi connectivity index (χ2v) is 6.23. The normalized spacial score (nSPS) is 17.9. The maximum atomic E-state index is 12.5. The first-order chi connectivity index (χ1) is 10.5. The minimum absolute atomic E-state index is 0.169. The van der Waals surface area contributed by atoms with Crippen molar-refractivity contribution in [2.24, 2.45) is 0 Å². The Kier molecular flexibility index (Phi) is 3.98. The number of nitrogens with one attached hydrogen (secondary N) is 1. The second-order valence-electron chi connectivity index (χ2n) is 5.31. The highest BCUT2D eigenvalue weighted by Gasteiger charge is 2.39. The molecule has 112 valence electrons. The van der Waals surface area contributed by atoms with Crippen LogP contribution in [0.15, 0.2) is 53.0 Å². The van der Waals surface area contributed by atoms with E-state index in [4.69, 9.17) is 0 Å². The third-order valence-electron chi connectivity index (χ3n) is 3.59. The number of nitrogens with zero attached hydrogens (tertiary/aromatic N) is 1. The maximum Gasteiger partial charge on any atom is 0.256 e. The van der Waals surface area contributed by atoms with Crippen LogP contribution in [0.4, 0.5) is 11.4 Å². The first kappa shape index (κ1) is 14.8. The van der Waals surface area contributed by atoms with Crippen molar-refractivity contribution in [1.82, 2.24) is 0 Å². The second kappa shape index (κ2) is 5.93. The summed E-state index contributed by atoms with van der Waals surface area (Å²) in [6, 6.07) is 14.4. The van der Waals surface area contributed by atoms with E-state index in [1.54, 1.807) is 12.1 Å². The maximum absolute atomic E-state index is 12.5. The predicted octanol–water partition coefficient (Wildman–Crippen LogP) is 3.50. The molecule has 1 fully saturated rings. The number of benzene rings is 2. The van der Waals surface area contributed by atoms with Crippen LogP contribution in [0, 0.1) is 6.92 Å². The molecule has 2 aromatic rings. The van der Waals surface area contributed by atoms with Crippen molar-refractivity contribution in [2.75, 3.05) is 10.2 Å². The van der Waals surface area contributed by atoms with Crippen molar-refractivity contribution in [3.63, 3.8) is 0 Å². The van der Waals surface area contributed by atoms with Crippen LogP contribution in [-0.2, 0) is 9.59 Å². The highest BCUT2D eigenvalue weighted by atomic mass is 79.9. The van der Waals surface area contributed by atoms with Crippen LogP contribution in [-0.4, -0.2) is 17.9 Å².